The van der Waals surface area contributed by atoms with Crippen molar-refractivity contribution in [3.8, 4) is 0 Å². The summed E-state index contributed by atoms with van der Waals surface area (Å²) in [5.41, 5.74) is 9.20. The van der Waals surface area contributed by atoms with Gasteiger partial charge in [0.05, 0.1) is 0 Å². The lowest BCUT2D eigenvalue weighted by Crippen LogP contribution is -2.32. The molecule has 0 spiro atoms. The van der Waals surface area contributed by atoms with Crippen LogP contribution in [0.15, 0.2) is 54.6 Å². The maximum atomic E-state index is 2.38. The fourth-order valence-electron chi connectivity index (χ4n) is 4.84. The van der Waals surface area contributed by atoms with Crippen LogP contribution < -0.4 is 15.9 Å². The Kier molecular flexibility index (Phi) is 8.50. The molecule has 1 heteroatoms. The smallest absolute Gasteiger partial charge is 0.00869 e. The summed E-state index contributed by atoms with van der Waals surface area (Å²) in [4.78, 5) is 0. The van der Waals surface area contributed by atoms with Crippen molar-refractivity contribution in [1.29, 1.82) is 0 Å². The van der Waals surface area contributed by atoms with Crippen LogP contribution in [0, 0.1) is 0 Å². The highest BCUT2D eigenvalue weighted by Gasteiger charge is 2.28. The largest absolute Gasteiger partial charge is 0.0617 e. The first-order valence-electron chi connectivity index (χ1n) is 12.3. The second kappa shape index (κ2) is 11.1. The van der Waals surface area contributed by atoms with Gasteiger partial charge in [-0.1, -0.05) is 96.1 Å². The highest BCUT2D eigenvalue weighted by Crippen LogP contribution is 2.41. The van der Waals surface area contributed by atoms with Crippen molar-refractivity contribution in [2.24, 2.45) is 0 Å². The molecule has 0 N–H and O–H groups in total. The van der Waals surface area contributed by atoms with E-state index in [-0.39, 0.29) is 0 Å². The molecule has 0 saturated carbocycles. The van der Waals surface area contributed by atoms with E-state index in [1.54, 1.807) is 15.9 Å². The lowest BCUT2D eigenvalue weighted by Gasteiger charge is -2.31. The summed E-state index contributed by atoms with van der Waals surface area (Å²) in [7, 11) is -0.606. The number of hydrogen-bond donors (Lipinski definition) is 0. The van der Waals surface area contributed by atoms with Gasteiger partial charge in [-0.25, -0.2) is 0 Å². The van der Waals surface area contributed by atoms with Gasteiger partial charge < -0.3 is 0 Å². The first kappa shape index (κ1) is 23.7. The standard InChI is InChI=1S/C30H39P/c1-7-22-16-13-17-23(8-2)28(22)31(29-24(9-3)18-14-19-25(29)10-4)30-26(11-5)20-15-21-27(30)12-6/h13-21H,7-12H2,1-6H3. The van der Waals surface area contributed by atoms with E-state index < -0.39 is 7.92 Å². The van der Waals surface area contributed by atoms with Crippen molar-refractivity contribution in [2.75, 3.05) is 0 Å². The Morgan fingerprint density at radius 2 is 0.581 bits per heavy atom. The van der Waals surface area contributed by atoms with Gasteiger partial charge in [-0.3, -0.25) is 0 Å². The van der Waals surface area contributed by atoms with Crippen LogP contribution >= 0.6 is 7.92 Å². The first-order valence-corrected chi connectivity index (χ1v) is 13.6. The van der Waals surface area contributed by atoms with E-state index in [4.69, 9.17) is 0 Å². The van der Waals surface area contributed by atoms with E-state index in [0.29, 0.717) is 0 Å². The summed E-state index contributed by atoms with van der Waals surface area (Å²) in [6.45, 7) is 13.9. The van der Waals surface area contributed by atoms with E-state index >= 15 is 0 Å². The summed E-state index contributed by atoms with van der Waals surface area (Å²) in [5.74, 6) is 0. The van der Waals surface area contributed by atoms with Crippen LogP contribution in [0.25, 0.3) is 0 Å². The fourth-order valence-corrected chi connectivity index (χ4v) is 8.63. The Morgan fingerprint density at radius 3 is 0.742 bits per heavy atom. The molecular formula is C30H39P. The Morgan fingerprint density at radius 1 is 0.387 bits per heavy atom. The molecule has 0 radical (unpaired) electrons. The van der Waals surface area contributed by atoms with Gasteiger partial charge in [-0.2, -0.15) is 0 Å². The van der Waals surface area contributed by atoms with E-state index in [1.165, 1.54) is 33.4 Å². The quantitative estimate of drug-likeness (QED) is 0.327. The van der Waals surface area contributed by atoms with Crippen molar-refractivity contribution >= 4 is 23.8 Å². The number of aryl methyl sites for hydroxylation is 6. The van der Waals surface area contributed by atoms with Gasteiger partial charge in [0.2, 0.25) is 0 Å². The Hall–Kier alpha value is -1.91. The molecule has 0 aromatic heterocycles. The molecule has 3 aromatic carbocycles. The summed E-state index contributed by atoms with van der Waals surface area (Å²) in [6.07, 6.45) is 6.54. The van der Waals surface area contributed by atoms with Crippen molar-refractivity contribution in [3.63, 3.8) is 0 Å². The molecule has 0 nitrogen and oxygen atoms in total. The minimum Gasteiger partial charge on any atom is -0.0617 e. The molecule has 0 unspecified atom stereocenters. The molecule has 0 fully saturated rings. The molecule has 3 aromatic rings. The van der Waals surface area contributed by atoms with Gasteiger partial charge in [-0.05, 0) is 95.7 Å². The van der Waals surface area contributed by atoms with Gasteiger partial charge >= 0.3 is 0 Å². The maximum absolute atomic E-state index is 2.38. The predicted octanol–water partition coefficient (Wildman–Crippen LogP) is 6.82. The molecule has 0 aliphatic carbocycles. The van der Waals surface area contributed by atoms with E-state index in [0.717, 1.165) is 38.5 Å². The molecule has 0 aliphatic rings. The van der Waals surface area contributed by atoms with Crippen molar-refractivity contribution in [3.05, 3.63) is 88.0 Å². The van der Waals surface area contributed by atoms with Crippen LogP contribution in [0.3, 0.4) is 0 Å². The van der Waals surface area contributed by atoms with Crippen LogP contribution in [0.1, 0.15) is 74.9 Å². The fraction of sp³-hybridized carbons (Fsp3) is 0.400. The van der Waals surface area contributed by atoms with Crippen LogP contribution in [-0.2, 0) is 38.5 Å². The van der Waals surface area contributed by atoms with E-state index in [2.05, 4.69) is 96.1 Å². The van der Waals surface area contributed by atoms with Gasteiger partial charge in [0, 0.05) is 0 Å². The third kappa shape index (κ3) is 4.65. The molecule has 3 rings (SSSR count). The molecule has 0 bridgehead atoms. The average molecular weight is 431 g/mol. The first-order chi connectivity index (χ1) is 15.1. The summed E-state index contributed by atoms with van der Waals surface area (Å²) in [6, 6.07) is 21.1. The lowest BCUT2D eigenvalue weighted by molar-refractivity contribution is 1.10. The van der Waals surface area contributed by atoms with Gasteiger partial charge in [0.15, 0.2) is 0 Å². The van der Waals surface area contributed by atoms with E-state index in [9.17, 15) is 0 Å². The molecule has 0 amide bonds. The molecule has 31 heavy (non-hydrogen) atoms. The van der Waals surface area contributed by atoms with E-state index in [1.807, 2.05) is 0 Å². The van der Waals surface area contributed by atoms with Crippen LogP contribution in [0.5, 0.6) is 0 Å². The predicted molar refractivity (Wildman–Crippen MR) is 141 cm³/mol. The second-order valence-corrected chi connectivity index (χ2v) is 10.2. The Balaban J connectivity index is 2.52. The second-order valence-electron chi connectivity index (χ2n) is 8.23. The maximum Gasteiger partial charge on any atom is -0.00869 e. The zero-order chi connectivity index (χ0) is 22.4. The highest BCUT2D eigenvalue weighted by molar-refractivity contribution is 7.80. The lowest BCUT2D eigenvalue weighted by atomic mass is 10.1. The molecule has 0 heterocycles. The van der Waals surface area contributed by atoms with Gasteiger partial charge in [0.1, 0.15) is 0 Å². The summed E-state index contributed by atoms with van der Waals surface area (Å²) < 4.78 is 0. The zero-order valence-corrected chi connectivity index (χ0v) is 21.3. The third-order valence-corrected chi connectivity index (χ3v) is 9.63. The van der Waals surface area contributed by atoms with Crippen molar-refractivity contribution in [2.45, 2.75) is 80.1 Å². The third-order valence-electron chi connectivity index (χ3n) is 6.57. The molecule has 0 atom stereocenters. The molecular weight excluding hydrogens is 391 g/mol. The van der Waals surface area contributed by atoms with Crippen LogP contribution in [-0.4, -0.2) is 0 Å². The van der Waals surface area contributed by atoms with Crippen LogP contribution in [0.2, 0.25) is 0 Å². The normalized spacial score (nSPS) is 11.3. The minimum absolute atomic E-state index is 0.606. The Labute approximate surface area is 191 Å². The Bertz CT molecular complexity index is 816. The van der Waals surface area contributed by atoms with Crippen LogP contribution in [0.4, 0.5) is 0 Å². The molecule has 164 valence electrons. The molecule has 0 saturated heterocycles. The molecule has 0 aliphatic heterocycles. The number of rotatable bonds is 9. The van der Waals surface area contributed by atoms with Crippen molar-refractivity contribution < 1.29 is 0 Å². The summed E-state index contributed by atoms with van der Waals surface area (Å²) >= 11 is 0. The van der Waals surface area contributed by atoms with Crippen molar-refractivity contribution in [1.82, 2.24) is 0 Å². The highest BCUT2D eigenvalue weighted by atomic mass is 31.1. The SMILES string of the molecule is CCc1cccc(CC)c1P(c1c(CC)cccc1CC)c1c(CC)cccc1CC. The average Bonchev–Trinajstić information content (AvgIpc) is 2.83. The topological polar surface area (TPSA) is 0 Å². The monoisotopic (exact) mass is 430 g/mol. The zero-order valence-electron chi connectivity index (χ0n) is 20.4. The van der Waals surface area contributed by atoms with Gasteiger partial charge in [0.25, 0.3) is 0 Å². The minimum atomic E-state index is -0.606. The van der Waals surface area contributed by atoms with Gasteiger partial charge in [-0.15, -0.1) is 0 Å². The summed E-state index contributed by atoms with van der Waals surface area (Å²) in [5, 5.41) is 4.90. The number of hydrogen-bond acceptors (Lipinski definition) is 0. The number of benzene rings is 3.